The van der Waals surface area contributed by atoms with E-state index in [4.69, 9.17) is 4.98 Å². The van der Waals surface area contributed by atoms with Gasteiger partial charge in [-0.25, -0.2) is 4.98 Å². The fraction of sp³-hybridized carbons (Fsp3) is 0.474. The Hall–Kier alpha value is -1.72. The molecule has 1 aromatic carbocycles. The lowest BCUT2D eigenvalue weighted by Gasteiger charge is -2.35. The van der Waals surface area contributed by atoms with Crippen LogP contribution in [0.2, 0.25) is 0 Å². The molecule has 1 saturated heterocycles. The third-order valence-electron chi connectivity index (χ3n) is 5.15. The van der Waals surface area contributed by atoms with Crippen molar-refractivity contribution < 1.29 is 9.90 Å². The van der Waals surface area contributed by atoms with E-state index in [1.165, 1.54) is 4.70 Å². The summed E-state index contributed by atoms with van der Waals surface area (Å²) < 4.78 is 1.19. The summed E-state index contributed by atoms with van der Waals surface area (Å²) in [6.45, 7) is 1.35. The number of benzene rings is 1. The van der Waals surface area contributed by atoms with Gasteiger partial charge in [0.1, 0.15) is 0 Å². The van der Waals surface area contributed by atoms with Crippen molar-refractivity contribution in [2.24, 2.45) is 5.92 Å². The number of nitrogens with zero attached hydrogens (tertiary/aromatic N) is 2. The molecule has 0 bridgehead atoms. The molecule has 0 radical (unpaired) electrons. The first-order chi connectivity index (χ1) is 11.7. The van der Waals surface area contributed by atoms with Crippen LogP contribution in [0.4, 0.5) is 0 Å². The molecule has 1 aliphatic heterocycles. The van der Waals surface area contributed by atoms with E-state index < -0.39 is 0 Å². The van der Waals surface area contributed by atoms with Crippen LogP contribution in [0.15, 0.2) is 36.4 Å². The number of allylic oxidation sites excluding steroid dienone is 2. The normalized spacial score (nSPS) is 25.3. The fourth-order valence-electron chi connectivity index (χ4n) is 3.73. The number of aromatic nitrogens is 1. The molecule has 0 spiro atoms. The Morgan fingerprint density at radius 3 is 2.71 bits per heavy atom. The van der Waals surface area contributed by atoms with Gasteiger partial charge < -0.3 is 10.0 Å². The molecule has 1 aliphatic carbocycles. The summed E-state index contributed by atoms with van der Waals surface area (Å²) in [5.41, 5.74) is 1.03. The number of para-hydroxylation sites is 1. The molecule has 1 amide bonds. The molecule has 1 N–H and O–H groups in total. The number of aliphatic hydroxyl groups is 1. The number of rotatable bonds is 2. The van der Waals surface area contributed by atoms with E-state index in [-0.39, 0.29) is 23.8 Å². The summed E-state index contributed by atoms with van der Waals surface area (Å²) in [7, 11) is 0. The van der Waals surface area contributed by atoms with Crippen molar-refractivity contribution in [3.05, 3.63) is 41.4 Å². The molecule has 4 rings (SSSR count). The van der Waals surface area contributed by atoms with Gasteiger partial charge in [0.05, 0.1) is 27.2 Å². The zero-order valence-electron chi connectivity index (χ0n) is 13.6. The summed E-state index contributed by atoms with van der Waals surface area (Å²) in [6.07, 6.45) is 7.12. The Bertz CT molecular complexity index is 729. The Kier molecular flexibility index (Phi) is 4.37. The third kappa shape index (κ3) is 2.98. The van der Waals surface area contributed by atoms with Gasteiger partial charge in [-0.3, -0.25) is 4.79 Å². The Labute approximate surface area is 145 Å². The average Bonchev–Trinajstić information content (AvgIpc) is 3.06. The lowest BCUT2D eigenvalue weighted by atomic mass is 9.82. The van der Waals surface area contributed by atoms with Crippen molar-refractivity contribution in [2.45, 2.75) is 37.7 Å². The van der Waals surface area contributed by atoms with E-state index in [2.05, 4.69) is 18.2 Å². The molecule has 2 aliphatic rings. The van der Waals surface area contributed by atoms with Gasteiger partial charge in [-0.15, -0.1) is 11.3 Å². The minimum Gasteiger partial charge on any atom is -0.393 e. The van der Waals surface area contributed by atoms with E-state index in [0.29, 0.717) is 25.9 Å². The van der Waals surface area contributed by atoms with Crippen molar-refractivity contribution >= 4 is 27.5 Å². The van der Waals surface area contributed by atoms with Crippen LogP contribution < -0.4 is 0 Å². The van der Waals surface area contributed by atoms with Gasteiger partial charge in [0.25, 0.3) is 0 Å². The van der Waals surface area contributed by atoms with E-state index in [1.54, 1.807) is 11.3 Å². The highest BCUT2D eigenvalue weighted by atomic mass is 32.1. The smallest absolute Gasteiger partial charge is 0.226 e. The van der Waals surface area contributed by atoms with Crippen LogP contribution in [-0.4, -0.2) is 40.1 Å². The number of fused-ring (bicyclic) bond motifs is 1. The fourth-order valence-corrected chi connectivity index (χ4v) is 4.88. The zero-order valence-corrected chi connectivity index (χ0v) is 14.4. The largest absolute Gasteiger partial charge is 0.393 e. The Morgan fingerprint density at radius 2 is 1.92 bits per heavy atom. The summed E-state index contributed by atoms with van der Waals surface area (Å²) in [5.74, 6) is 0.382. The predicted octanol–water partition coefficient (Wildman–Crippen LogP) is 3.33. The highest BCUT2D eigenvalue weighted by molar-refractivity contribution is 7.18. The topological polar surface area (TPSA) is 53.4 Å². The molecule has 1 fully saturated rings. The predicted molar refractivity (Wildman–Crippen MR) is 96.0 cm³/mol. The van der Waals surface area contributed by atoms with Crippen molar-refractivity contribution in [1.29, 1.82) is 0 Å². The van der Waals surface area contributed by atoms with Gasteiger partial charge in [0.2, 0.25) is 5.91 Å². The standard InChI is InChI=1S/C19H22N2O2S/c22-13-9-11-21(12-10-13)19(23)15-6-2-1-5-14(15)18-20-16-7-3-4-8-17(16)24-18/h1-4,7-8,13-15,22H,5-6,9-12H2. The van der Waals surface area contributed by atoms with Crippen LogP contribution in [0.1, 0.15) is 36.6 Å². The van der Waals surface area contributed by atoms with Gasteiger partial charge >= 0.3 is 0 Å². The van der Waals surface area contributed by atoms with Crippen LogP contribution >= 0.6 is 11.3 Å². The Balaban J connectivity index is 1.59. The first-order valence-electron chi connectivity index (χ1n) is 8.69. The SMILES string of the molecule is O=C(C1CC=CCC1c1nc2ccccc2s1)N1CCC(O)CC1. The Morgan fingerprint density at radius 1 is 1.17 bits per heavy atom. The van der Waals surface area contributed by atoms with Crippen LogP contribution in [0.3, 0.4) is 0 Å². The van der Waals surface area contributed by atoms with E-state index >= 15 is 0 Å². The van der Waals surface area contributed by atoms with Crippen LogP contribution in [0.25, 0.3) is 10.2 Å². The minimum absolute atomic E-state index is 0.0224. The number of carbonyl (C=O) groups is 1. The molecular weight excluding hydrogens is 320 g/mol. The average molecular weight is 342 g/mol. The second-order valence-corrected chi connectivity index (χ2v) is 7.79. The van der Waals surface area contributed by atoms with Crippen LogP contribution in [0.5, 0.6) is 0 Å². The first-order valence-corrected chi connectivity index (χ1v) is 9.51. The van der Waals surface area contributed by atoms with E-state index in [1.807, 2.05) is 23.1 Å². The van der Waals surface area contributed by atoms with Crippen LogP contribution in [0, 0.1) is 5.92 Å². The number of carbonyl (C=O) groups excluding carboxylic acids is 1. The van der Waals surface area contributed by atoms with Gasteiger partial charge in [-0.2, -0.15) is 0 Å². The first kappa shape index (κ1) is 15.8. The van der Waals surface area contributed by atoms with Crippen molar-refractivity contribution in [3.8, 4) is 0 Å². The van der Waals surface area contributed by atoms with Gasteiger partial charge in [0.15, 0.2) is 0 Å². The number of aliphatic hydroxyl groups excluding tert-OH is 1. The maximum absolute atomic E-state index is 13.0. The number of likely N-dealkylation sites (tertiary alicyclic amines) is 1. The molecule has 24 heavy (non-hydrogen) atoms. The number of piperidine rings is 1. The third-order valence-corrected chi connectivity index (χ3v) is 6.32. The number of hydrogen-bond acceptors (Lipinski definition) is 4. The molecule has 0 saturated carbocycles. The molecule has 5 heteroatoms. The second kappa shape index (κ2) is 6.65. The zero-order chi connectivity index (χ0) is 16.5. The molecule has 1 aromatic heterocycles. The summed E-state index contributed by atoms with van der Waals surface area (Å²) >= 11 is 1.72. The van der Waals surface area contributed by atoms with Crippen molar-refractivity contribution in [3.63, 3.8) is 0 Å². The maximum Gasteiger partial charge on any atom is 0.226 e. The lowest BCUT2D eigenvalue weighted by molar-refractivity contribution is -0.138. The molecule has 126 valence electrons. The molecule has 2 unspecified atom stereocenters. The highest BCUT2D eigenvalue weighted by Gasteiger charge is 2.35. The molecule has 2 atom stereocenters. The summed E-state index contributed by atoms with van der Waals surface area (Å²) in [5, 5.41) is 10.8. The van der Waals surface area contributed by atoms with E-state index in [9.17, 15) is 9.90 Å². The quantitative estimate of drug-likeness (QED) is 0.852. The summed E-state index contributed by atoms with van der Waals surface area (Å²) in [6, 6.07) is 8.18. The second-order valence-electron chi connectivity index (χ2n) is 6.73. The molecule has 4 nitrogen and oxygen atoms in total. The maximum atomic E-state index is 13.0. The summed E-state index contributed by atoms with van der Waals surface area (Å²) in [4.78, 5) is 19.8. The number of thiazole rings is 1. The van der Waals surface area contributed by atoms with Crippen molar-refractivity contribution in [1.82, 2.24) is 9.88 Å². The van der Waals surface area contributed by atoms with E-state index in [0.717, 1.165) is 23.4 Å². The highest BCUT2D eigenvalue weighted by Crippen LogP contribution is 2.39. The van der Waals surface area contributed by atoms with Gasteiger partial charge in [-0.1, -0.05) is 24.3 Å². The monoisotopic (exact) mass is 342 g/mol. The molecule has 2 aromatic rings. The van der Waals surface area contributed by atoms with Crippen LogP contribution in [-0.2, 0) is 4.79 Å². The minimum atomic E-state index is -0.250. The van der Waals surface area contributed by atoms with Gasteiger partial charge in [0, 0.05) is 19.0 Å². The van der Waals surface area contributed by atoms with Crippen molar-refractivity contribution in [2.75, 3.05) is 13.1 Å². The molecule has 2 heterocycles. The number of amides is 1. The molecular formula is C19H22N2O2S. The lowest BCUT2D eigenvalue weighted by Crippen LogP contribution is -2.44. The van der Waals surface area contributed by atoms with Gasteiger partial charge in [-0.05, 0) is 37.8 Å². The number of hydrogen-bond donors (Lipinski definition) is 1.